The first-order valence-electron chi connectivity index (χ1n) is 5.82. The largest absolute Gasteiger partial charge is 0.390 e. The Morgan fingerprint density at radius 1 is 1.39 bits per heavy atom. The van der Waals surface area contributed by atoms with Crippen LogP contribution in [0, 0.1) is 0 Å². The number of nitrogens with zero attached hydrogens (tertiary/aromatic N) is 1. The molecule has 1 amide bonds. The number of rotatable bonds is 2. The molecule has 92 valence electrons. The van der Waals surface area contributed by atoms with E-state index in [-0.39, 0.29) is 11.9 Å². The second-order valence-electron chi connectivity index (χ2n) is 4.39. The minimum absolute atomic E-state index is 0.256. The molecule has 5 nitrogen and oxygen atoms in total. The molecule has 1 aliphatic carbocycles. The van der Waals surface area contributed by atoms with Crippen LogP contribution in [0.15, 0.2) is 36.5 Å². The molecule has 0 spiro atoms. The average Bonchev–Trinajstić information content (AvgIpc) is 2.98. The van der Waals surface area contributed by atoms with Crippen LogP contribution >= 0.6 is 0 Å². The molecule has 5 heteroatoms. The number of aliphatic hydroxyl groups excluding tert-OH is 1. The van der Waals surface area contributed by atoms with Crippen LogP contribution < -0.4 is 5.32 Å². The molecule has 2 unspecified atom stereocenters. The van der Waals surface area contributed by atoms with Crippen LogP contribution in [0.2, 0.25) is 0 Å². The van der Waals surface area contributed by atoms with Crippen molar-refractivity contribution in [2.75, 3.05) is 0 Å². The van der Waals surface area contributed by atoms with Gasteiger partial charge in [0.2, 0.25) is 0 Å². The van der Waals surface area contributed by atoms with E-state index in [1.54, 1.807) is 6.07 Å². The number of carbonyl (C=O) groups is 1. The summed E-state index contributed by atoms with van der Waals surface area (Å²) in [6, 6.07) is 9.00. The molecule has 0 saturated carbocycles. The van der Waals surface area contributed by atoms with Gasteiger partial charge in [0, 0.05) is 12.6 Å². The summed E-state index contributed by atoms with van der Waals surface area (Å²) in [7, 11) is 0. The molecule has 2 atom stereocenters. The van der Waals surface area contributed by atoms with E-state index in [1.807, 2.05) is 24.3 Å². The number of benzene rings is 1. The summed E-state index contributed by atoms with van der Waals surface area (Å²) in [5, 5.41) is 19.2. The third-order valence-corrected chi connectivity index (χ3v) is 3.24. The van der Waals surface area contributed by atoms with Gasteiger partial charge in [0.1, 0.15) is 5.69 Å². The highest BCUT2D eigenvalue weighted by atomic mass is 16.3. The minimum atomic E-state index is -0.575. The number of carbonyl (C=O) groups excluding carboxylic acids is 1. The maximum atomic E-state index is 11.9. The zero-order valence-corrected chi connectivity index (χ0v) is 9.63. The zero-order valence-electron chi connectivity index (χ0n) is 9.63. The molecule has 0 saturated heterocycles. The first-order chi connectivity index (χ1) is 8.75. The Balaban J connectivity index is 1.83. The lowest BCUT2D eigenvalue weighted by atomic mass is 10.1. The van der Waals surface area contributed by atoms with Crippen LogP contribution in [0.5, 0.6) is 0 Å². The number of aromatic nitrogens is 2. The number of H-pyrrole nitrogens is 1. The Bertz CT molecular complexity index is 565. The molecule has 18 heavy (non-hydrogen) atoms. The number of hydrogen-bond donors (Lipinski definition) is 3. The van der Waals surface area contributed by atoms with E-state index in [4.69, 9.17) is 0 Å². The molecule has 1 heterocycles. The SMILES string of the molecule is O=C(NC1c2ccccc2CC1O)c1ccn[nH]1. The highest BCUT2D eigenvalue weighted by Crippen LogP contribution is 2.31. The summed E-state index contributed by atoms with van der Waals surface area (Å²) in [4.78, 5) is 11.9. The van der Waals surface area contributed by atoms with E-state index >= 15 is 0 Å². The molecule has 3 rings (SSSR count). The standard InChI is InChI=1S/C13H13N3O2/c17-11-7-8-3-1-2-4-9(8)12(11)15-13(18)10-5-6-14-16-10/h1-6,11-12,17H,7H2,(H,14,16)(H,15,18). The van der Waals surface area contributed by atoms with E-state index in [0.717, 1.165) is 11.1 Å². The van der Waals surface area contributed by atoms with Gasteiger partial charge in [-0.15, -0.1) is 0 Å². The smallest absolute Gasteiger partial charge is 0.269 e. The number of nitrogens with one attached hydrogen (secondary N) is 2. The van der Waals surface area contributed by atoms with Crippen LogP contribution in [0.4, 0.5) is 0 Å². The second kappa shape index (κ2) is 4.27. The molecular formula is C13H13N3O2. The van der Waals surface area contributed by atoms with Crippen molar-refractivity contribution < 1.29 is 9.90 Å². The van der Waals surface area contributed by atoms with Crippen molar-refractivity contribution >= 4 is 5.91 Å². The Hall–Kier alpha value is -2.14. The van der Waals surface area contributed by atoms with Gasteiger partial charge < -0.3 is 10.4 Å². The van der Waals surface area contributed by atoms with E-state index in [9.17, 15) is 9.90 Å². The summed E-state index contributed by atoms with van der Waals surface area (Å²) in [6.07, 6.45) is 1.52. The molecule has 1 aromatic carbocycles. The molecule has 0 bridgehead atoms. The van der Waals surface area contributed by atoms with Gasteiger partial charge in [0.15, 0.2) is 0 Å². The maximum Gasteiger partial charge on any atom is 0.269 e. The molecule has 0 fully saturated rings. The number of hydrogen-bond acceptors (Lipinski definition) is 3. The molecule has 0 radical (unpaired) electrons. The van der Waals surface area contributed by atoms with E-state index in [2.05, 4.69) is 15.5 Å². The Morgan fingerprint density at radius 2 is 2.22 bits per heavy atom. The van der Waals surface area contributed by atoms with Crippen molar-refractivity contribution in [1.82, 2.24) is 15.5 Å². The van der Waals surface area contributed by atoms with E-state index in [1.165, 1.54) is 6.20 Å². The van der Waals surface area contributed by atoms with Crippen molar-refractivity contribution in [1.29, 1.82) is 0 Å². The third-order valence-electron chi connectivity index (χ3n) is 3.24. The van der Waals surface area contributed by atoms with Gasteiger partial charge in [-0.1, -0.05) is 24.3 Å². The first-order valence-corrected chi connectivity index (χ1v) is 5.82. The Kier molecular flexibility index (Phi) is 2.60. The van der Waals surface area contributed by atoms with Gasteiger partial charge in [0.25, 0.3) is 5.91 Å². The lowest BCUT2D eigenvalue weighted by molar-refractivity contribution is 0.0853. The molecule has 1 aliphatic rings. The van der Waals surface area contributed by atoms with Crippen molar-refractivity contribution in [2.24, 2.45) is 0 Å². The second-order valence-corrected chi connectivity index (χ2v) is 4.39. The Labute approximate surface area is 104 Å². The quantitative estimate of drug-likeness (QED) is 0.730. The van der Waals surface area contributed by atoms with Crippen molar-refractivity contribution in [3.05, 3.63) is 53.3 Å². The monoisotopic (exact) mass is 243 g/mol. The maximum absolute atomic E-state index is 11.9. The number of aromatic amines is 1. The number of aliphatic hydroxyl groups is 1. The van der Waals surface area contributed by atoms with Crippen LogP contribution in [0.1, 0.15) is 27.7 Å². The summed E-state index contributed by atoms with van der Waals surface area (Å²) in [5.41, 5.74) is 2.46. The van der Waals surface area contributed by atoms with Crippen LogP contribution in [0.25, 0.3) is 0 Å². The lowest BCUT2D eigenvalue weighted by Crippen LogP contribution is -2.34. The number of fused-ring (bicyclic) bond motifs is 1. The summed E-state index contributed by atoms with van der Waals surface area (Å²) < 4.78 is 0. The van der Waals surface area contributed by atoms with Crippen molar-refractivity contribution in [3.8, 4) is 0 Å². The van der Waals surface area contributed by atoms with Gasteiger partial charge in [-0.2, -0.15) is 5.10 Å². The predicted octanol–water partition coefficient (Wildman–Crippen LogP) is 0.798. The van der Waals surface area contributed by atoms with Gasteiger partial charge in [-0.3, -0.25) is 9.89 Å². The third kappa shape index (κ3) is 1.78. The van der Waals surface area contributed by atoms with E-state index < -0.39 is 6.10 Å². The Morgan fingerprint density at radius 3 is 3.00 bits per heavy atom. The van der Waals surface area contributed by atoms with Crippen molar-refractivity contribution in [2.45, 2.75) is 18.6 Å². The van der Waals surface area contributed by atoms with Gasteiger partial charge in [-0.05, 0) is 17.2 Å². The zero-order chi connectivity index (χ0) is 12.5. The highest BCUT2D eigenvalue weighted by Gasteiger charge is 2.32. The first kappa shape index (κ1) is 11.0. The van der Waals surface area contributed by atoms with Crippen LogP contribution in [-0.4, -0.2) is 27.3 Å². The van der Waals surface area contributed by atoms with Crippen LogP contribution in [0.3, 0.4) is 0 Å². The fourth-order valence-corrected chi connectivity index (χ4v) is 2.35. The fourth-order valence-electron chi connectivity index (χ4n) is 2.35. The fraction of sp³-hybridized carbons (Fsp3) is 0.231. The molecule has 1 aromatic heterocycles. The normalized spacial score (nSPS) is 21.6. The minimum Gasteiger partial charge on any atom is -0.390 e. The summed E-state index contributed by atoms with van der Waals surface area (Å²) >= 11 is 0. The van der Waals surface area contributed by atoms with E-state index in [0.29, 0.717) is 12.1 Å². The summed E-state index contributed by atoms with van der Waals surface area (Å²) in [5.74, 6) is -0.256. The topological polar surface area (TPSA) is 78.0 Å². The molecule has 2 aromatic rings. The lowest BCUT2D eigenvalue weighted by Gasteiger charge is -2.17. The van der Waals surface area contributed by atoms with Crippen LogP contribution in [-0.2, 0) is 6.42 Å². The predicted molar refractivity (Wildman–Crippen MR) is 64.9 cm³/mol. The van der Waals surface area contributed by atoms with Gasteiger partial charge in [0.05, 0.1) is 12.1 Å². The average molecular weight is 243 g/mol. The highest BCUT2D eigenvalue weighted by molar-refractivity contribution is 5.92. The molecule has 0 aliphatic heterocycles. The van der Waals surface area contributed by atoms with Gasteiger partial charge in [-0.25, -0.2) is 0 Å². The van der Waals surface area contributed by atoms with Crippen molar-refractivity contribution in [3.63, 3.8) is 0 Å². The molecular weight excluding hydrogens is 230 g/mol. The summed E-state index contributed by atoms with van der Waals surface area (Å²) in [6.45, 7) is 0. The molecule has 3 N–H and O–H groups in total. The van der Waals surface area contributed by atoms with Gasteiger partial charge >= 0.3 is 0 Å². The number of amides is 1.